The highest BCUT2D eigenvalue weighted by molar-refractivity contribution is 6.10. The number of allylic oxidation sites excluding steroid dienone is 1. The predicted octanol–water partition coefficient (Wildman–Crippen LogP) is 10.7. The molecule has 7 aromatic rings. The van der Waals surface area contributed by atoms with Crippen molar-refractivity contribution in [3.05, 3.63) is 150 Å². The number of hydrogen-bond acceptors (Lipinski definition) is 1. The van der Waals surface area contributed by atoms with Crippen molar-refractivity contribution in [1.29, 1.82) is 0 Å². The highest BCUT2D eigenvalue weighted by Gasteiger charge is 2.22. The Bertz CT molecular complexity index is 2130. The summed E-state index contributed by atoms with van der Waals surface area (Å²) in [5.74, 6) is 1.09. The van der Waals surface area contributed by atoms with Gasteiger partial charge in [0, 0.05) is 12.1 Å². The maximum Gasteiger partial charge on any atom is 0.114 e. The molecule has 0 saturated heterocycles. The van der Waals surface area contributed by atoms with Gasteiger partial charge in [0.15, 0.2) is 0 Å². The van der Waals surface area contributed by atoms with Crippen LogP contribution in [0.25, 0.3) is 66.9 Å². The second kappa shape index (κ2) is 10.6. The number of nitrogens with zero attached hydrogens (tertiary/aromatic N) is 2. The molecule has 0 radical (unpaired) electrons. The van der Waals surface area contributed by atoms with Crippen molar-refractivity contribution >= 4 is 27.9 Å². The summed E-state index contributed by atoms with van der Waals surface area (Å²) in [6.07, 6.45) is 7.67. The fourth-order valence-corrected chi connectivity index (χ4v) is 6.86. The minimum absolute atomic E-state index is 0.884. The van der Waals surface area contributed by atoms with Crippen molar-refractivity contribution < 1.29 is 0 Å². The lowest BCUT2D eigenvalue weighted by Crippen LogP contribution is -2.03. The van der Waals surface area contributed by atoms with Crippen molar-refractivity contribution in [2.75, 3.05) is 0 Å². The first kappa shape index (κ1) is 25.5. The van der Waals surface area contributed by atoms with Crippen molar-refractivity contribution in [1.82, 2.24) is 9.55 Å². The molecule has 0 atom stereocenters. The van der Waals surface area contributed by atoms with E-state index in [9.17, 15) is 0 Å². The zero-order valence-electron chi connectivity index (χ0n) is 24.3. The third-order valence-corrected chi connectivity index (χ3v) is 8.85. The van der Waals surface area contributed by atoms with Crippen LogP contribution in [0.15, 0.2) is 133 Å². The van der Waals surface area contributed by atoms with Gasteiger partial charge in [-0.25, -0.2) is 4.98 Å². The van der Waals surface area contributed by atoms with E-state index in [1.807, 2.05) is 0 Å². The summed E-state index contributed by atoms with van der Waals surface area (Å²) >= 11 is 0. The van der Waals surface area contributed by atoms with Crippen molar-refractivity contribution in [2.45, 2.75) is 26.2 Å². The average Bonchev–Trinajstić information content (AvgIpc) is 3.47. The maximum absolute atomic E-state index is 4.90. The minimum Gasteiger partial charge on any atom is -0.296 e. The van der Waals surface area contributed by atoms with Crippen molar-refractivity contribution in [3.63, 3.8) is 0 Å². The highest BCUT2D eigenvalue weighted by Crippen LogP contribution is 2.45. The van der Waals surface area contributed by atoms with Crippen LogP contribution in [0.1, 0.15) is 30.3 Å². The molecule has 8 rings (SSSR count). The summed E-state index contributed by atoms with van der Waals surface area (Å²) in [7, 11) is 0. The van der Waals surface area contributed by atoms with E-state index in [1.165, 1.54) is 55.3 Å². The molecule has 1 aromatic heterocycles. The molecule has 0 N–H and O–H groups in total. The van der Waals surface area contributed by atoms with Gasteiger partial charge in [-0.3, -0.25) is 4.57 Å². The lowest BCUT2D eigenvalue weighted by atomic mass is 9.80. The van der Waals surface area contributed by atoms with Gasteiger partial charge in [0.05, 0.1) is 11.0 Å². The monoisotopic (exact) mass is 552 g/mol. The molecule has 6 aromatic carbocycles. The van der Waals surface area contributed by atoms with E-state index in [2.05, 4.69) is 151 Å². The molecule has 0 aliphatic heterocycles. The summed E-state index contributed by atoms with van der Waals surface area (Å²) in [5, 5.41) is 2.61. The van der Waals surface area contributed by atoms with Gasteiger partial charge in [0.2, 0.25) is 0 Å². The molecule has 1 aliphatic rings. The first-order valence-corrected chi connectivity index (χ1v) is 15.3. The number of fused-ring (bicyclic) bond motifs is 3. The van der Waals surface area contributed by atoms with Crippen molar-refractivity contribution in [2.24, 2.45) is 0 Å². The van der Waals surface area contributed by atoms with Gasteiger partial charge < -0.3 is 0 Å². The molecule has 206 valence electrons. The van der Waals surface area contributed by atoms with Crippen LogP contribution in [0.4, 0.5) is 0 Å². The number of aromatic nitrogens is 2. The van der Waals surface area contributed by atoms with Crippen LogP contribution in [0.3, 0.4) is 0 Å². The quantitative estimate of drug-likeness (QED) is 0.208. The van der Waals surface area contributed by atoms with E-state index >= 15 is 0 Å². The Hall–Kier alpha value is -5.21. The summed E-state index contributed by atoms with van der Waals surface area (Å²) in [6.45, 7) is 2.18. The largest absolute Gasteiger partial charge is 0.296 e. The first-order valence-electron chi connectivity index (χ1n) is 15.3. The Labute approximate surface area is 252 Å². The topological polar surface area (TPSA) is 17.8 Å². The second-order valence-electron chi connectivity index (χ2n) is 11.3. The number of imidazole rings is 1. The number of aryl methyl sites for hydroxylation is 1. The Morgan fingerprint density at radius 3 is 1.98 bits per heavy atom. The molecule has 1 aliphatic carbocycles. The lowest BCUT2D eigenvalue weighted by Gasteiger charge is -2.24. The highest BCUT2D eigenvalue weighted by atomic mass is 15.1. The number of hydrogen-bond donors (Lipinski definition) is 0. The summed E-state index contributed by atoms with van der Waals surface area (Å²) < 4.78 is 2.30. The van der Waals surface area contributed by atoms with E-state index in [1.54, 1.807) is 0 Å². The molecule has 2 heteroatoms. The van der Waals surface area contributed by atoms with Crippen molar-refractivity contribution in [3.8, 4) is 39.1 Å². The first-order chi connectivity index (χ1) is 21.3. The van der Waals surface area contributed by atoms with Crippen LogP contribution in [0, 0.1) is 0 Å². The summed E-state index contributed by atoms with van der Waals surface area (Å²) in [6, 6.07) is 46.2. The van der Waals surface area contributed by atoms with Gasteiger partial charge in [-0.15, -0.1) is 0 Å². The molecule has 0 saturated carbocycles. The standard InChI is InChI=1S/C41H32N2/c1-2-39-42-37-18-10-11-19-38(37)43(39)32-26-24-31(25-27-32)41-35-16-8-6-14-33(35)40(34-15-7-9-17-36(34)41)30-22-20-29(21-23-30)28-12-4-3-5-13-28/h3-8,10-16,18-27H,2,9,17H2,1H3. The van der Waals surface area contributed by atoms with Crippen LogP contribution >= 0.6 is 0 Å². The molecule has 0 bridgehead atoms. The fourth-order valence-electron chi connectivity index (χ4n) is 6.86. The smallest absolute Gasteiger partial charge is 0.114 e. The molecule has 43 heavy (non-hydrogen) atoms. The SMILES string of the molecule is CCc1nc2ccccc2n1-c1ccc(-c2c3c(c(-c4ccc(-c5ccccc5)cc4)c4ccccc24)C=CCC3)cc1. The van der Waals surface area contributed by atoms with Gasteiger partial charge in [0.1, 0.15) is 5.82 Å². The van der Waals surface area contributed by atoms with Crippen LogP contribution in [-0.2, 0) is 12.8 Å². The Morgan fingerprint density at radius 2 is 1.21 bits per heavy atom. The van der Waals surface area contributed by atoms with E-state index in [-0.39, 0.29) is 0 Å². The van der Waals surface area contributed by atoms with Gasteiger partial charge in [-0.2, -0.15) is 0 Å². The predicted molar refractivity (Wildman–Crippen MR) is 182 cm³/mol. The number of benzene rings is 6. The maximum atomic E-state index is 4.90. The Kier molecular flexibility index (Phi) is 6.26. The average molecular weight is 553 g/mol. The molecule has 0 unspecified atom stereocenters. The second-order valence-corrected chi connectivity index (χ2v) is 11.3. The molecule has 2 nitrogen and oxygen atoms in total. The molecule has 0 fully saturated rings. The third-order valence-electron chi connectivity index (χ3n) is 8.85. The summed E-state index contributed by atoms with van der Waals surface area (Å²) in [5.41, 5.74) is 13.9. The number of para-hydroxylation sites is 2. The van der Waals surface area contributed by atoms with Crippen LogP contribution in [0.2, 0.25) is 0 Å². The Balaban J connectivity index is 1.29. The molecule has 1 heterocycles. The van der Waals surface area contributed by atoms with E-state index < -0.39 is 0 Å². The molecular formula is C41H32N2. The normalized spacial score (nSPS) is 12.6. The van der Waals surface area contributed by atoms with Crippen LogP contribution in [-0.4, -0.2) is 9.55 Å². The van der Waals surface area contributed by atoms with Gasteiger partial charge in [-0.1, -0.05) is 122 Å². The fraction of sp³-hybridized carbons (Fsp3) is 0.0976. The zero-order valence-corrected chi connectivity index (χ0v) is 24.3. The molecule has 0 amide bonds. The molecule has 0 spiro atoms. The van der Waals surface area contributed by atoms with Crippen LogP contribution in [0.5, 0.6) is 0 Å². The van der Waals surface area contributed by atoms with Crippen LogP contribution < -0.4 is 0 Å². The molecular weight excluding hydrogens is 520 g/mol. The van der Waals surface area contributed by atoms with E-state index in [0.29, 0.717) is 0 Å². The van der Waals surface area contributed by atoms with E-state index in [4.69, 9.17) is 4.98 Å². The number of rotatable bonds is 5. The lowest BCUT2D eigenvalue weighted by molar-refractivity contribution is 0.908. The van der Waals surface area contributed by atoms with Gasteiger partial charge in [0.25, 0.3) is 0 Å². The van der Waals surface area contributed by atoms with Gasteiger partial charge in [-0.05, 0) is 92.4 Å². The Morgan fingerprint density at radius 1 is 0.605 bits per heavy atom. The minimum atomic E-state index is 0.884. The zero-order chi connectivity index (χ0) is 28.8. The van der Waals surface area contributed by atoms with Gasteiger partial charge >= 0.3 is 0 Å². The third kappa shape index (κ3) is 4.30. The van der Waals surface area contributed by atoms with E-state index in [0.717, 1.165) is 41.8 Å². The summed E-state index contributed by atoms with van der Waals surface area (Å²) in [4.78, 5) is 4.90.